The Kier molecular flexibility index (Phi) is 2.83. The number of furan rings is 1. The van der Waals surface area contributed by atoms with Crippen LogP contribution in [0.1, 0.15) is 12.7 Å². The lowest BCUT2D eigenvalue weighted by Crippen LogP contribution is -1.91. The molecule has 0 aliphatic heterocycles. The van der Waals surface area contributed by atoms with Crippen LogP contribution in [0.15, 0.2) is 22.8 Å². The van der Waals surface area contributed by atoms with Gasteiger partial charge in [0, 0.05) is 0 Å². The highest BCUT2D eigenvalue weighted by molar-refractivity contribution is 7.98. The van der Waals surface area contributed by atoms with Gasteiger partial charge in [0.1, 0.15) is 5.76 Å². The first kappa shape index (κ1) is 7.69. The topological polar surface area (TPSA) is 33.4 Å². The molecule has 2 nitrogen and oxygen atoms in total. The fourth-order valence-electron chi connectivity index (χ4n) is 0.597. The van der Waals surface area contributed by atoms with Crippen LogP contribution in [0.5, 0.6) is 0 Å². The molecule has 1 aromatic rings. The first-order chi connectivity index (χ1) is 4.79. The summed E-state index contributed by atoms with van der Waals surface area (Å²) in [5.41, 5.74) is -0.315. The van der Waals surface area contributed by atoms with E-state index in [0.29, 0.717) is 0 Å². The standard InChI is InChI=1S/C7H10O2S/c1-6(8)10-5-7-3-2-4-9-7/h2-4,6,8H,5H2,1H3. The smallest absolute Gasteiger partial charge is 0.113 e. The second-order valence-electron chi connectivity index (χ2n) is 1.99. The Morgan fingerprint density at radius 3 is 3.10 bits per heavy atom. The van der Waals surface area contributed by atoms with E-state index in [1.807, 2.05) is 12.1 Å². The van der Waals surface area contributed by atoms with E-state index in [2.05, 4.69) is 0 Å². The third-order valence-electron chi connectivity index (χ3n) is 1.05. The third-order valence-corrected chi connectivity index (χ3v) is 1.98. The number of hydrogen-bond acceptors (Lipinski definition) is 3. The summed E-state index contributed by atoms with van der Waals surface area (Å²) in [6.45, 7) is 1.74. The van der Waals surface area contributed by atoms with E-state index in [1.165, 1.54) is 11.8 Å². The Balaban J connectivity index is 2.28. The van der Waals surface area contributed by atoms with E-state index in [1.54, 1.807) is 13.2 Å². The lowest BCUT2D eigenvalue weighted by Gasteiger charge is -1.99. The average Bonchev–Trinajstić information content (AvgIpc) is 2.34. The lowest BCUT2D eigenvalue weighted by molar-refractivity contribution is 0.283. The first-order valence-electron chi connectivity index (χ1n) is 3.11. The van der Waals surface area contributed by atoms with E-state index in [-0.39, 0.29) is 5.44 Å². The second-order valence-corrected chi connectivity index (χ2v) is 3.29. The van der Waals surface area contributed by atoms with Crippen LogP contribution in [-0.4, -0.2) is 10.5 Å². The highest BCUT2D eigenvalue weighted by Crippen LogP contribution is 2.15. The molecule has 3 heteroatoms. The molecule has 56 valence electrons. The van der Waals surface area contributed by atoms with Gasteiger partial charge in [0.15, 0.2) is 0 Å². The molecule has 0 aromatic carbocycles. The molecule has 0 saturated heterocycles. The Hall–Kier alpha value is -0.410. The normalized spacial score (nSPS) is 13.4. The average molecular weight is 158 g/mol. The Morgan fingerprint density at radius 2 is 2.60 bits per heavy atom. The zero-order valence-corrected chi connectivity index (χ0v) is 6.60. The van der Waals surface area contributed by atoms with Crippen molar-refractivity contribution in [3.63, 3.8) is 0 Å². The largest absolute Gasteiger partial charge is 0.468 e. The summed E-state index contributed by atoms with van der Waals surface area (Å²) >= 11 is 1.45. The highest BCUT2D eigenvalue weighted by atomic mass is 32.2. The van der Waals surface area contributed by atoms with Gasteiger partial charge in [-0.2, -0.15) is 0 Å². The molecule has 1 atom stereocenters. The van der Waals surface area contributed by atoms with Crippen LogP contribution in [0, 0.1) is 0 Å². The maximum absolute atomic E-state index is 8.87. The molecule has 1 rings (SSSR count). The maximum atomic E-state index is 8.87. The fraction of sp³-hybridized carbons (Fsp3) is 0.429. The molecule has 1 aromatic heterocycles. The zero-order chi connectivity index (χ0) is 7.40. The number of thioether (sulfide) groups is 1. The van der Waals surface area contributed by atoms with E-state index < -0.39 is 0 Å². The van der Waals surface area contributed by atoms with Crippen molar-refractivity contribution in [1.29, 1.82) is 0 Å². The van der Waals surface area contributed by atoms with E-state index in [4.69, 9.17) is 9.52 Å². The molecule has 0 amide bonds. The molecule has 0 aliphatic carbocycles. The molecule has 0 spiro atoms. The molecule has 1 unspecified atom stereocenters. The van der Waals surface area contributed by atoms with E-state index in [9.17, 15) is 0 Å². The molecule has 0 saturated carbocycles. The molecule has 0 bridgehead atoms. The van der Waals surface area contributed by atoms with Crippen molar-refractivity contribution in [2.45, 2.75) is 18.1 Å². The first-order valence-corrected chi connectivity index (χ1v) is 4.16. The van der Waals surface area contributed by atoms with Crippen molar-refractivity contribution < 1.29 is 9.52 Å². The van der Waals surface area contributed by atoms with Gasteiger partial charge in [-0.15, -0.1) is 11.8 Å². The van der Waals surface area contributed by atoms with Gasteiger partial charge in [-0.05, 0) is 19.1 Å². The van der Waals surface area contributed by atoms with Crippen LogP contribution in [-0.2, 0) is 5.75 Å². The van der Waals surface area contributed by atoms with Gasteiger partial charge in [0.2, 0.25) is 0 Å². The monoisotopic (exact) mass is 158 g/mol. The minimum absolute atomic E-state index is 0.315. The van der Waals surface area contributed by atoms with Crippen LogP contribution < -0.4 is 0 Å². The molecule has 0 fully saturated rings. The van der Waals surface area contributed by atoms with Gasteiger partial charge in [-0.1, -0.05) is 0 Å². The summed E-state index contributed by atoms with van der Waals surface area (Å²) in [4.78, 5) is 0. The van der Waals surface area contributed by atoms with Crippen LogP contribution in [0.4, 0.5) is 0 Å². The van der Waals surface area contributed by atoms with Crippen molar-refractivity contribution in [2.75, 3.05) is 0 Å². The van der Waals surface area contributed by atoms with Gasteiger partial charge >= 0.3 is 0 Å². The minimum atomic E-state index is -0.315. The molecular formula is C7H10O2S. The third kappa shape index (κ3) is 2.45. The summed E-state index contributed by atoms with van der Waals surface area (Å²) in [6.07, 6.45) is 1.64. The predicted molar refractivity (Wildman–Crippen MR) is 41.7 cm³/mol. The molecular weight excluding hydrogens is 148 g/mol. The van der Waals surface area contributed by atoms with Crippen molar-refractivity contribution >= 4 is 11.8 Å². The molecule has 1 N–H and O–H groups in total. The summed E-state index contributed by atoms with van der Waals surface area (Å²) in [5.74, 6) is 1.65. The van der Waals surface area contributed by atoms with Crippen LogP contribution in [0.3, 0.4) is 0 Å². The van der Waals surface area contributed by atoms with Crippen LogP contribution >= 0.6 is 11.8 Å². The lowest BCUT2D eigenvalue weighted by atomic mass is 10.5. The van der Waals surface area contributed by atoms with Crippen LogP contribution in [0.25, 0.3) is 0 Å². The number of hydrogen-bond donors (Lipinski definition) is 1. The number of aliphatic hydroxyl groups excluding tert-OH is 1. The quantitative estimate of drug-likeness (QED) is 0.681. The van der Waals surface area contributed by atoms with Crippen molar-refractivity contribution in [3.8, 4) is 0 Å². The van der Waals surface area contributed by atoms with Crippen molar-refractivity contribution in [2.24, 2.45) is 0 Å². The molecule has 10 heavy (non-hydrogen) atoms. The number of aliphatic hydroxyl groups is 1. The van der Waals surface area contributed by atoms with Crippen molar-refractivity contribution in [3.05, 3.63) is 24.2 Å². The zero-order valence-electron chi connectivity index (χ0n) is 5.78. The summed E-state index contributed by atoms with van der Waals surface area (Å²) in [5, 5.41) is 8.87. The molecule has 0 radical (unpaired) electrons. The predicted octanol–water partition coefficient (Wildman–Crippen LogP) is 1.85. The van der Waals surface area contributed by atoms with Gasteiger partial charge in [0.05, 0.1) is 17.5 Å². The van der Waals surface area contributed by atoms with Gasteiger partial charge < -0.3 is 9.52 Å². The van der Waals surface area contributed by atoms with Gasteiger partial charge in [0.25, 0.3) is 0 Å². The Morgan fingerprint density at radius 1 is 1.80 bits per heavy atom. The second kappa shape index (κ2) is 3.68. The van der Waals surface area contributed by atoms with E-state index in [0.717, 1.165) is 11.5 Å². The van der Waals surface area contributed by atoms with E-state index >= 15 is 0 Å². The van der Waals surface area contributed by atoms with Crippen molar-refractivity contribution in [1.82, 2.24) is 0 Å². The van der Waals surface area contributed by atoms with Crippen LogP contribution in [0.2, 0.25) is 0 Å². The fourth-order valence-corrected chi connectivity index (χ4v) is 1.17. The molecule has 1 heterocycles. The SMILES string of the molecule is CC(O)SCc1ccco1. The number of rotatable bonds is 3. The summed E-state index contributed by atoms with van der Waals surface area (Å²) in [6, 6.07) is 3.74. The Labute approximate surface area is 64.2 Å². The van der Waals surface area contributed by atoms with Gasteiger partial charge in [-0.3, -0.25) is 0 Å². The Bertz CT molecular complexity index is 170. The minimum Gasteiger partial charge on any atom is -0.468 e. The molecule has 0 aliphatic rings. The highest BCUT2D eigenvalue weighted by Gasteiger charge is 1.98. The summed E-state index contributed by atoms with van der Waals surface area (Å²) in [7, 11) is 0. The maximum Gasteiger partial charge on any atom is 0.113 e. The summed E-state index contributed by atoms with van der Waals surface area (Å²) < 4.78 is 5.05. The van der Waals surface area contributed by atoms with Gasteiger partial charge in [-0.25, -0.2) is 0 Å².